The van der Waals surface area contributed by atoms with Crippen molar-refractivity contribution in [1.82, 2.24) is 0 Å². The Balaban J connectivity index is 2.94. The number of hydrogen-bond donors (Lipinski definition) is 3. The number of carbonyl (C=O) groups excluding carboxylic acids is 1. The standard InChI is InChI=1S/C10H12N2O3/c1-6(11)9(13)12-8-5-3-2-4-7(8)10(14)15/h2-6H,11H2,1H3,(H,12,13)(H,14,15)/t6-/m0/s1. The van der Waals surface area contributed by atoms with Gasteiger partial charge in [-0.3, -0.25) is 4.79 Å². The number of carbonyl (C=O) groups is 2. The van der Waals surface area contributed by atoms with E-state index in [2.05, 4.69) is 5.32 Å². The van der Waals surface area contributed by atoms with E-state index in [1.54, 1.807) is 12.1 Å². The second-order valence-corrected chi connectivity index (χ2v) is 3.13. The number of amides is 1. The molecule has 0 aliphatic carbocycles. The lowest BCUT2D eigenvalue weighted by Crippen LogP contribution is -2.32. The van der Waals surface area contributed by atoms with E-state index in [0.717, 1.165) is 0 Å². The molecule has 5 heteroatoms. The third-order valence-electron chi connectivity index (χ3n) is 1.83. The molecule has 0 aromatic heterocycles. The highest BCUT2D eigenvalue weighted by atomic mass is 16.4. The minimum atomic E-state index is -1.09. The molecule has 0 saturated heterocycles. The second-order valence-electron chi connectivity index (χ2n) is 3.13. The SMILES string of the molecule is C[C@H](N)C(=O)Nc1ccccc1C(=O)O. The van der Waals surface area contributed by atoms with Crippen molar-refractivity contribution in [1.29, 1.82) is 0 Å². The van der Waals surface area contributed by atoms with Gasteiger partial charge >= 0.3 is 5.97 Å². The summed E-state index contributed by atoms with van der Waals surface area (Å²) in [6, 6.07) is 5.49. The molecule has 0 aliphatic rings. The monoisotopic (exact) mass is 208 g/mol. The molecule has 0 radical (unpaired) electrons. The number of hydrogen-bond acceptors (Lipinski definition) is 3. The summed E-state index contributed by atoms with van der Waals surface area (Å²) in [4.78, 5) is 22.0. The third kappa shape index (κ3) is 2.78. The van der Waals surface area contributed by atoms with Crippen LogP contribution >= 0.6 is 0 Å². The van der Waals surface area contributed by atoms with E-state index in [1.807, 2.05) is 0 Å². The van der Waals surface area contributed by atoms with Gasteiger partial charge in [-0.05, 0) is 19.1 Å². The number of rotatable bonds is 3. The fraction of sp³-hybridized carbons (Fsp3) is 0.200. The van der Waals surface area contributed by atoms with Crippen molar-refractivity contribution in [2.75, 3.05) is 5.32 Å². The Morgan fingerprint density at radius 2 is 2.00 bits per heavy atom. The number of nitrogens with one attached hydrogen (secondary N) is 1. The van der Waals surface area contributed by atoms with Gasteiger partial charge in [0.1, 0.15) is 0 Å². The Morgan fingerprint density at radius 3 is 2.53 bits per heavy atom. The van der Waals surface area contributed by atoms with Crippen molar-refractivity contribution >= 4 is 17.6 Å². The molecule has 0 spiro atoms. The van der Waals surface area contributed by atoms with Crippen LogP contribution in [0.2, 0.25) is 0 Å². The first-order chi connectivity index (χ1) is 7.02. The van der Waals surface area contributed by atoms with Crippen molar-refractivity contribution in [3.63, 3.8) is 0 Å². The number of carboxylic acid groups (broad SMARTS) is 1. The van der Waals surface area contributed by atoms with Gasteiger partial charge in [0.05, 0.1) is 17.3 Å². The summed E-state index contributed by atoms with van der Waals surface area (Å²) >= 11 is 0. The molecule has 0 heterocycles. The lowest BCUT2D eigenvalue weighted by atomic mass is 10.1. The van der Waals surface area contributed by atoms with E-state index < -0.39 is 17.9 Å². The van der Waals surface area contributed by atoms with Gasteiger partial charge in [0.2, 0.25) is 5.91 Å². The molecule has 0 aliphatic heterocycles. The van der Waals surface area contributed by atoms with E-state index in [-0.39, 0.29) is 11.3 Å². The topological polar surface area (TPSA) is 92.4 Å². The van der Waals surface area contributed by atoms with E-state index in [1.165, 1.54) is 19.1 Å². The molecule has 5 nitrogen and oxygen atoms in total. The quantitative estimate of drug-likeness (QED) is 0.680. The summed E-state index contributed by atoms with van der Waals surface area (Å²) in [6.45, 7) is 1.53. The largest absolute Gasteiger partial charge is 0.478 e. The molecule has 0 bridgehead atoms. The number of nitrogens with two attached hydrogens (primary N) is 1. The summed E-state index contributed by atoms with van der Waals surface area (Å²) < 4.78 is 0. The normalized spacial score (nSPS) is 11.9. The van der Waals surface area contributed by atoms with Crippen molar-refractivity contribution in [3.05, 3.63) is 29.8 Å². The van der Waals surface area contributed by atoms with Gasteiger partial charge in [-0.25, -0.2) is 4.79 Å². The Kier molecular flexibility index (Phi) is 3.41. The highest BCUT2D eigenvalue weighted by Gasteiger charge is 2.13. The van der Waals surface area contributed by atoms with Crippen LogP contribution in [0.4, 0.5) is 5.69 Å². The summed E-state index contributed by atoms with van der Waals surface area (Å²) in [5.74, 6) is -1.50. The van der Waals surface area contributed by atoms with Crippen LogP contribution in [-0.4, -0.2) is 23.0 Å². The third-order valence-corrected chi connectivity index (χ3v) is 1.83. The van der Waals surface area contributed by atoms with Gasteiger partial charge < -0.3 is 16.2 Å². The molecular formula is C10H12N2O3. The molecule has 1 amide bonds. The highest BCUT2D eigenvalue weighted by molar-refractivity contribution is 6.01. The molecule has 80 valence electrons. The Labute approximate surface area is 86.9 Å². The molecule has 4 N–H and O–H groups in total. The van der Waals surface area contributed by atoms with Crippen molar-refractivity contribution < 1.29 is 14.7 Å². The minimum Gasteiger partial charge on any atom is -0.478 e. The Hall–Kier alpha value is -1.88. The molecule has 1 aromatic rings. The lowest BCUT2D eigenvalue weighted by molar-refractivity contribution is -0.117. The molecule has 0 unspecified atom stereocenters. The zero-order valence-electron chi connectivity index (χ0n) is 8.23. The van der Waals surface area contributed by atoms with Gasteiger partial charge in [0.15, 0.2) is 0 Å². The first-order valence-electron chi connectivity index (χ1n) is 4.41. The Morgan fingerprint density at radius 1 is 1.40 bits per heavy atom. The number of benzene rings is 1. The summed E-state index contributed by atoms with van der Waals surface area (Å²) in [5, 5.41) is 11.3. The zero-order valence-corrected chi connectivity index (χ0v) is 8.23. The summed E-state index contributed by atoms with van der Waals surface area (Å²) in [6.07, 6.45) is 0. The molecular weight excluding hydrogens is 196 g/mol. The number of carboxylic acids is 1. The van der Waals surface area contributed by atoms with E-state index in [0.29, 0.717) is 0 Å². The van der Waals surface area contributed by atoms with Crippen LogP contribution in [-0.2, 0) is 4.79 Å². The fourth-order valence-corrected chi connectivity index (χ4v) is 1.03. The molecule has 1 rings (SSSR count). The zero-order chi connectivity index (χ0) is 11.4. The first kappa shape index (κ1) is 11.2. The van der Waals surface area contributed by atoms with Crippen molar-refractivity contribution in [3.8, 4) is 0 Å². The Bertz CT molecular complexity index is 388. The molecule has 15 heavy (non-hydrogen) atoms. The van der Waals surface area contributed by atoms with Gasteiger partial charge in [-0.2, -0.15) is 0 Å². The van der Waals surface area contributed by atoms with Crippen LogP contribution < -0.4 is 11.1 Å². The van der Waals surface area contributed by atoms with Crippen LogP contribution in [0.25, 0.3) is 0 Å². The number of aromatic carboxylic acids is 1. The van der Waals surface area contributed by atoms with Crippen LogP contribution in [0.3, 0.4) is 0 Å². The molecule has 1 aromatic carbocycles. The minimum absolute atomic E-state index is 0.0477. The molecule has 0 saturated carbocycles. The van der Waals surface area contributed by atoms with Crippen LogP contribution in [0, 0.1) is 0 Å². The van der Waals surface area contributed by atoms with E-state index in [4.69, 9.17) is 10.8 Å². The van der Waals surface area contributed by atoms with Gasteiger partial charge in [-0.15, -0.1) is 0 Å². The lowest BCUT2D eigenvalue weighted by Gasteiger charge is -2.09. The maximum atomic E-state index is 11.3. The molecule has 1 atom stereocenters. The molecule has 0 fully saturated rings. The van der Waals surface area contributed by atoms with E-state index >= 15 is 0 Å². The van der Waals surface area contributed by atoms with Crippen LogP contribution in [0.15, 0.2) is 24.3 Å². The van der Waals surface area contributed by atoms with Gasteiger partial charge in [-0.1, -0.05) is 12.1 Å². The number of para-hydroxylation sites is 1. The maximum absolute atomic E-state index is 11.3. The van der Waals surface area contributed by atoms with Gasteiger partial charge in [0, 0.05) is 0 Å². The predicted molar refractivity (Wildman–Crippen MR) is 55.7 cm³/mol. The first-order valence-corrected chi connectivity index (χ1v) is 4.41. The van der Waals surface area contributed by atoms with Crippen LogP contribution in [0.5, 0.6) is 0 Å². The van der Waals surface area contributed by atoms with Crippen LogP contribution in [0.1, 0.15) is 17.3 Å². The van der Waals surface area contributed by atoms with Crippen molar-refractivity contribution in [2.45, 2.75) is 13.0 Å². The fourth-order valence-electron chi connectivity index (χ4n) is 1.03. The van der Waals surface area contributed by atoms with Crippen molar-refractivity contribution in [2.24, 2.45) is 5.73 Å². The summed E-state index contributed by atoms with van der Waals surface area (Å²) in [5.41, 5.74) is 5.65. The van der Waals surface area contributed by atoms with Gasteiger partial charge in [0.25, 0.3) is 0 Å². The van der Waals surface area contributed by atoms with E-state index in [9.17, 15) is 9.59 Å². The smallest absolute Gasteiger partial charge is 0.337 e. The maximum Gasteiger partial charge on any atom is 0.337 e. The second kappa shape index (κ2) is 4.56. The number of anilines is 1. The average Bonchev–Trinajstić information content (AvgIpc) is 2.18. The summed E-state index contributed by atoms with van der Waals surface area (Å²) in [7, 11) is 0. The highest BCUT2D eigenvalue weighted by Crippen LogP contribution is 2.14. The average molecular weight is 208 g/mol. The predicted octanol–water partition coefficient (Wildman–Crippen LogP) is 0.670.